The lowest BCUT2D eigenvalue weighted by Gasteiger charge is -2.13. The number of nitrogens with one attached hydrogen (secondary N) is 2. The Labute approximate surface area is 103 Å². The van der Waals surface area contributed by atoms with E-state index in [1.807, 2.05) is 0 Å². The highest BCUT2D eigenvalue weighted by Crippen LogP contribution is 2.18. The van der Waals surface area contributed by atoms with Crippen LogP contribution in [-0.4, -0.2) is 40.8 Å². The molecule has 7 heteroatoms. The monoisotopic (exact) mass is 250 g/mol. The summed E-state index contributed by atoms with van der Waals surface area (Å²) in [4.78, 5) is 23.0. The maximum atomic E-state index is 11.9. The molecule has 18 heavy (non-hydrogen) atoms. The van der Waals surface area contributed by atoms with Crippen LogP contribution in [0, 0.1) is 0 Å². The number of fused-ring (bicyclic) bond motifs is 1. The van der Waals surface area contributed by atoms with Crippen molar-refractivity contribution in [2.75, 3.05) is 13.2 Å². The zero-order chi connectivity index (χ0) is 12.5. The maximum Gasteiger partial charge on any atom is 0.272 e. The fourth-order valence-corrected chi connectivity index (χ4v) is 2.14. The summed E-state index contributed by atoms with van der Waals surface area (Å²) in [5, 5.41) is 9.64. The van der Waals surface area contributed by atoms with Crippen LogP contribution in [0.3, 0.4) is 0 Å². The van der Waals surface area contributed by atoms with E-state index >= 15 is 0 Å². The lowest BCUT2D eigenvalue weighted by molar-refractivity contribution is -0.119. The number of aryl methyl sites for hydroxylation is 1. The van der Waals surface area contributed by atoms with Crippen molar-refractivity contribution < 1.29 is 14.3 Å². The Morgan fingerprint density at radius 2 is 2.50 bits per heavy atom. The molecule has 0 unspecified atom stereocenters. The summed E-state index contributed by atoms with van der Waals surface area (Å²) in [7, 11) is 0. The first-order valence-electron chi connectivity index (χ1n) is 6.00. The molecule has 0 spiro atoms. The van der Waals surface area contributed by atoms with Gasteiger partial charge in [-0.3, -0.25) is 9.59 Å². The molecule has 0 saturated carbocycles. The summed E-state index contributed by atoms with van der Waals surface area (Å²) in [6, 6.07) is 1.49. The van der Waals surface area contributed by atoms with Gasteiger partial charge >= 0.3 is 0 Å². The predicted octanol–water partition coefficient (Wildman–Crippen LogP) is -0.716. The third-order valence-corrected chi connectivity index (χ3v) is 3.05. The molecule has 0 bridgehead atoms. The maximum absolute atomic E-state index is 11.9. The van der Waals surface area contributed by atoms with Gasteiger partial charge in [0.25, 0.3) is 5.91 Å². The van der Waals surface area contributed by atoms with Crippen molar-refractivity contribution in [1.82, 2.24) is 20.4 Å². The van der Waals surface area contributed by atoms with E-state index in [1.165, 1.54) is 0 Å². The van der Waals surface area contributed by atoms with Crippen molar-refractivity contribution >= 4 is 11.8 Å². The predicted molar refractivity (Wildman–Crippen MR) is 61.2 cm³/mol. The van der Waals surface area contributed by atoms with Gasteiger partial charge in [-0.25, -0.2) is 4.68 Å². The second-order valence-corrected chi connectivity index (χ2v) is 4.47. The summed E-state index contributed by atoms with van der Waals surface area (Å²) in [6.45, 7) is 1.91. The molecule has 2 amide bonds. The van der Waals surface area contributed by atoms with Gasteiger partial charge < -0.3 is 15.4 Å². The summed E-state index contributed by atoms with van der Waals surface area (Å²) in [6.07, 6.45) is 1.23. The van der Waals surface area contributed by atoms with Crippen LogP contribution < -0.4 is 15.4 Å². The Bertz CT molecular complexity index is 473. The number of hydrogen-bond acceptors (Lipinski definition) is 4. The van der Waals surface area contributed by atoms with Crippen LogP contribution in [0.5, 0.6) is 5.88 Å². The molecule has 2 N–H and O–H groups in total. The summed E-state index contributed by atoms with van der Waals surface area (Å²) in [5.74, 6) is 0.335. The molecule has 0 aliphatic carbocycles. The third-order valence-electron chi connectivity index (χ3n) is 3.05. The topological polar surface area (TPSA) is 85.2 Å². The van der Waals surface area contributed by atoms with Gasteiger partial charge in [0.1, 0.15) is 0 Å². The highest BCUT2D eigenvalue weighted by molar-refractivity contribution is 5.93. The highest BCUT2D eigenvalue weighted by atomic mass is 16.5. The zero-order valence-corrected chi connectivity index (χ0v) is 9.81. The van der Waals surface area contributed by atoms with Crippen LogP contribution in [0.1, 0.15) is 23.3 Å². The largest absolute Gasteiger partial charge is 0.478 e. The summed E-state index contributed by atoms with van der Waals surface area (Å²) < 4.78 is 7.09. The molecule has 3 rings (SSSR count). The summed E-state index contributed by atoms with van der Waals surface area (Å²) in [5.41, 5.74) is 0.339. The van der Waals surface area contributed by atoms with Crippen molar-refractivity contribution in [1.29, 1.82) is 0 Å². The number of rotatable bonds is 2. The lowest BCUT2D eigenvalue weighted by Crippen LogP contribution is -2.36. The Kier molecular flexibility index (Phi) is 2.66. The molecule has 1 atom stereocenters. The van der Waals surface area contributed by atoms with Crippen LogP contribution in [0.25, 0.3) is 0 Å². The van der Waals surface area contributed by atoms with Gasteiger partial charge in [0.05, 0.1) is 12.6 Å². The SMILES string of the molecule is O=C1C[C@@H](NC(=O)c2cc3n(n2)CCCO3)CN1. The molecule has 7 nitrogen and oxygen atoms in total. The van der Waals surface area contributed by atoms with Crippen molar-refractivity contribution in [2.24, 2.45) is 0 Å². The van der Waals surface area contributed by atoms with E-state index in [4.69, 9.17) is 4.74 Å². The number of carbonyl (C=O) groups is 2. The second-order valence-electron chi connectivity index (χ2n) is 4.47. The van der Waals surface area contributed by atoms with Crippen LogP contribution in [-0.2, 0) is 11.3 Å². The Morgan fingerprint density at radius 3 is 3.22 bits per heavy atom. The van der Waals surface area contributed by atoms with Gasteiger partial charge in [0.15, 0.2) is 5.69 Å². The van der Waals surface area contributed by atoms with E-state index in [0.29, 0.717) is 31.1 Å². The standard InChI is InChI=1S/C11H14N4O3/c16-9-4-7(6-12-9)13-11(17)8-5-10-15(14-8)2-1-3-18-10/h5,7H,1-4,6H2,(H,12,16)(H,13,17)/t7-/m1/s1. The van der Waals surface area contributed by atoms with Gasteiger partial charge in [-0.15, -0.1) is 0 Å². The highest BCUT2D eigenvalue weighted by Gasteiger charge is 2.25. The fourth-order valence-electron chi connectivity index (χ4n) is 2.14. The van der Waals surface area contributed by atoms with Crippen LogP contribution in [0.2, 0.25) is 0 Å². The number of aromatic nitrogens is 2. The van der Waals surface area contributed by atoms with Crippen molar-refractivity contribution in [3.63, 3.8) is 0 Å². The number of nitrogens with zero attached hydrogens (tertiary/aromatic N) is 2. The second kappa shape index (κ2) is 4.32. The number of ether oxygens (including phenoxy) is 1. The van der Waals surface area contributed by atoms with E-state index in [2.05, 4.69) is 15.7 Å². The average molecular weight is 250 g/mol. The molecular weight excluding hydrogens is 236 g/mol. The van der Waals surface area contributed by atoms with Crippen molar-refractivity contribution in [3.8, 4) is 5.88 Å². The van der Waals surface area contributed by atoms with Gasteiger partial charge in [-0.05, 0) is 0 Å². The molecule has 1 saturated heterocycles. The first-order chi connectivity index (χ1) is 8.72. The van der Waals surface area contributed by atoms with E-state index in [9.17, 15) is 9.59 Å². The van der Waals surface area contributed by atoms with Gasteiger partial charge in [-0.1, -0.05) is 0 Å². The Hall–Kier alpha value is -2.05. The zero-order valence-electron chi connectivity index (χ0n) is 9.81. The van der Waals surface area contributed by atoms with Crippen molar-refractivity contribution in [2.45, 2.75) is 25.4 Å². The van der Waals surface area contributed by atoms with E-state index < -0.39 is 0 Å². The fraction of sp³-hybridized carbons (Fsp3) is 0.545. The van der Waals surface area contributed by atoms with E-state index in [-0.39, 0.29) is 17.9 Å². The molecule has 3 heterocycles. The molecule has 2 aliphatic heterocycles. The van der Waals surface area contributed by atoms with Gasteiger partial charge in [0.2, 0.25) is 11.8 Å². The van der Waals surface area contributed by atoms with Crippen LogP contribution in [0.15, 0.2) is 6.07 Å². The van der Waals surface area contributed by atoms with E-state index in [0.717, 1.165) is 13.0 Å². The minimum atomic E-state index is -0.262. The van der Waals surface area contributed by atoms with Crippen LogP contribution in [0.4, 0.5) is 0 Å². The van der Waals surface area contributed by atoms with Crippen molar-refractivity contribution in [3.05, 3.63) is 11.8 Å². The molecule has 2 aliphatic rings. The molecule has 1 fully saturated rings. The minimum absolute atomic E-state index is 0.0345. The molecule has 96 valence electrons. The van der Waals surface area contributed by atoms with Crippen LogP contribution >= 0.6 is 0 Å². The third kappa shape index (κ3) is 2.03. The number of hydrogen-bond donors (Lipinski definition) is 2. The normalized spacial score (nSPS) is 22.0. The molecular formula is C11H14N4O3. The first kappa shape index (κ1) is 11.1. The van der Waals surface area contributed by atoms with Gasteiger partial charge in [0, 0.05) is 32.0 Å². The molecule has 1 aromatic heterocycles. The smallest absolute Gasteiger partial charge is 0.272 e. The first-order valence-corrected chi connectivity index (χ1v) is 6.00. The average Bonchev–Trinajstić information content (AvgIpc) is 2.95. The minimum Gasteiger partial charge on any atom is -0.478 e. The Morgan fingerprint density at radius 1 is 1.61 bits per heavy atom. The Balaban J connectivity index is 1.68. The van der Waals surface area contributed by atoms with E-state index in [1.54, 1.807) is 10.7 Å². The molecule has 0 aromatic carbocycles. The number of carbonyl (C=O) groups excluding carboxylic acids is 2. The quantitative estimate of drug-likeness (QED) is 0.725. The lowest BCUT2D eigenvalue weighted by atomic mass is 10.2. The molecule has 1 aromatic rings. The van der Waals surface area contributed by atoms with Gasteiger partial charge in [-0.2, -0.15) is 5.10 Å². The number of amides is 2. The molecule has 0 radical (unpaired) electrons. The summed E-state index contributed by atoms with van der Waals surface area (Å²) >= 11 is 0.